The first kappa shape index (κ1) is 25.7. The highest BCUT2D eigenvalue weighted by Gasteiger charge is 2.19. The standard InChI is InChI=1S/C30H30N6O3/c1-19(15-24(17-31)39-23-9-3-2-4-10-23)20-11-13-26-25(16-20)28(36-35-26)30(38)34-22-12-14-27(32-18-22)29(37)33-21-7-5-6-8-21/h2-4,9-18,21H,5-8,31H2,1H3,(H,33,37)(H,34,38)(H,35,36)/b19-15+,24-17+. The molecule has 5 rings (SSSR count). The minimum atomic E-state index is -0.389. The van der Waals surface area contributed by atoms with E-state index in [0.717, 1.165) is 42.3 Å². The maximum absolute atomic E-state index is 13.1. The topological polar surface area (TPSA) is 135 Å². The van der Waals surface area contributed by atoms with E-state index in [2.05, 4.69) is 25.8 Å². The number of ether oxygens (including phenoxy) is 1. The van der Waals surface area contributed by atoms with Gasteiger partial charge in [-0.2, -0.15) is 5.10 Å². The van der Waals surface area contributed by atoms with Crippen LogP contribution in [0.2, 0.25) is 0 Å². The lowest BCUT2D eigenvalue weighted by atomic mass is 10.0. The van der Waals surface area contributed by atoms with Crippen LogP contribution in [0.5, 0.6) is 5.75 Å². The number of hydrogen-bond donors (Lipinski definition) is 4. The third-order valence-corrected chi connectivity index (χ3v) is 6.68. The number of fused-ring (bicyclic) bond motifs is 1. The average molecular weight is 523 g/mol. The van der Waals surface area contributed by atoms with Crippen LogP contribution in [0.25, 0.3) is 16.5 Å². The van der Waals surface area contributed by atoms with E-state index in [1.165, 1.54) is 12.4 Å². The van der Waals surface area contributed by atoms with Gasteiger partial charge in [-0.15, -0.1) is 0 Å². The molecule has 2 amide bonds. The number of aromatic amines is 1. The summed E-state index contributed by atoms with van der Waals surface area (Å²) < 4.78 is 5.86. The van der Waals surface area contributed by atoms with Crippen molar-refractivity contribution in [3.8, 4) is 5.75 Å². The van der Waals surface area contributed by atoms with Gasteiger partial charge in [-0.05, 0) is 73.4 Å². The highest BCUT2D eigenvalue weighted by molar-refractivity contribution is 6.11. The first-order valence-electron chi connectivity index (χ1n) is 12.9. The zero-order valence-electron chi connectivity index (χ0n) is 21.6. The molecule has 2 aromatic carbocycles. The SMILES string of the molecule is C/C(=C\C(=C/N)Oc1ccccc1)c1ccc2[nH]nc(C(=O)Nc3ccc(C(=O)NC4CCCC4)nc3)c2c1. The molecule has 1 aliphatic rings. The number of benzene rings is 2. The number of carbonyl (C=O) groups excluding carboxylic acids is 2. The summed E-state index contributed by atoms with van der Waals surface area (Å²) in [6, 6.07) is 18.6. The molecule has 2 aromatic heterocycles. The van der Waals surface area contributed by atoms with Crippen LogP contribution in [0, 0.1) is 0 Å². The van der Waals surface area contributed by atoms with Crippen LogP contribution in [0.15, 0.2) is 84.9 Å². The molecular weight excluding hydrogens is 492 g/mol. The number of anilines is 1. The number of aromatic nitrogens is 3. The molecule has 9 nitrogen and oxygen atoms in total. The molecular formula is C30H30N6O3. The van der Waals surface area contributed by atoms with Crippen molar-refractivity contribution in [3.63, 3.8) is 0 Å². The van der Waals surface area contributed by atoms with Crippen molar-refractivity contribution >= 4 is 34.0 Å². The Morgan fingerprint density at radius 2 is 1.85 bits per heavy atom. The quantitative estimate of drug-likeness (QED) is 0.186. The zero-order valence-corrected chi connectivity index (χ0v) is 21.6. The number of hydrogen-bond acceptors (Lipinski definition) is 6. The molecule has 4 aromatic rings. The number of pyridine rings is 1. The zero-order chi connectivity index (χ0) is 27.2. The molecule has 1 saturated carbocycles. The van der Waals surface area contributed by atoms with Crippen molar-refractivity contribution in [2.24, 2.45) is 5.73 Å². The maximum atomic E-state index is 13.1. The van der Waals surface area contributed by atoms with E-state index >= 15 is 0 Å². The van der Waals surface area contributed by atoms with Gasteiger partial charge in [0.2, 0.25) is 0 Å². The summed E-state index contributed by atoms with van der Waals surface area (Å²) >= 11 is 0. The number of carbonyl (C=O) groups is 2. The van der Waals surface area contributed by atoms with Gasteiger partial charge in [-0.3, -0.25) is 14.7 Å². The largest absolute Gasteiger partial charge is 0.456 e. The van der Waals surface area contributed by atoms with Crippen molar-refractivity contribution < 1.29 is 14.3 Å². The molecule has 9 heteroatoms. The van der Waals surface area contributed by atoms with E-state index in [1.807, 2.05) is 61.5 Å². The highest BCUT2D eigenvalue weighted by Crippen LogP contribution is 2.25. The van der Waals surface area contributed by atoms with Gasteiger partial charge in [0, 0.05) is 17.6 Å². The Morgan fingerprint density at radius 1 is 1.05 bits per heavy atom. The van der Waals surface area contributed by atoms with Crippen LogP contribution in [0.3, 0.4) is 0 Å². The first-order valence-corrected chi connectivity index (χ1v) is 12.9. The lowest BCUT2D eigenvalue weighted by Crippen LogP contribution is -2.33. The van der Waals surface area contributed by atoms with Gasteiger partial charge in [0.05, 0.1) is 17.4 Å². The molecule has 1 fully saturated rings. The second kappa shape index (κ2) is 11.6. The highest BCUT2D eigenvalue weighted by atomic mass is 16.5. The number of H-pyrrole nitrogens is 1. The summed E-state index contributed by atoms with van der Waals surface area (Å²) in [7, 11) is 0. The number of nitrogens with zero attached hydrogens (tertiary/aromatic N) is 2. The maximum Gasteiger partial charge on any atom is 0.276 e. The second-order valence-corrected chi connectivity index (χ2v) is 9.49. The molecule has 1 aliphatic carbocycles. The van der Waals surface area contributed by atoms with E-state index in [1.54, 1.807) is 12.1 Å². The third-order valence-electron chi connectivity index (χ3n) is 6.68. The number of para-hydroxylation sites is 1. The van der Waals surface area contributed by atoms with E-state index in [4.69, 9.17) is 10.5 Å². The smallest absolute Gasteiger partial charge is 0.276 e. The van der Waals surface area contributed by atoms with Gasteiger partial charge in [0.25, 0.3) is 11.8 Å². The van der Waals surface area contributed by atoms with Crippen LogP contribution in [-0.4, -0.2) is 33.0 Å². The van der Waals surface area contributed by atoms with Gasteiger partial charge in [-0.25, -0.2) is 4.98 Å². The van der Waals surface area contributed by atoms with Gasteiger partial charge in [0.15, 0.2) is 5.69 Å². The molecule has 198 valence electrons. The van der Waals surface area contributed by atoms with Crippen molar-refractivity contribution in [2.45, 2.75) is 38.6 Å². The summed E-state index contributed by atoms with van der Waals surface area (Å²) in [5.41, 5.74) is 9.33. The molecule has 0 saturated heterocycles. The molecule has 0 spiro atoms. The van der Waals surface area contributed by atoms with Gasteiger partial charge >= 0.3 is 0 Å². The van der Waals surface area contributed by atoms with Crippen LogP contribution < -0.4 is 21.1 Å². The fourth-order valence-corrected chi connectivity index (χ4v) is 4.59. The minimum Gasteiger partial charge on any atom is -0.456 e. The molecule has 0 atom stereocenters. The average Bonchev–Trinajstić information content (AvgIpc) is 3.63. The first-order chi connectivity index (χ1) is 19.0. The van der Waals surface area contributed by atoms with E-state index < -0.39 is 0 Å². The number of allylic oxidation sites excluding steroid dienone is 2. The Balaban J connectivity index is 1.29. The summed E-state index contributed by atoms with van der Waals surface area (Å²) in [5, 5.41) is 13.6. The van der Waals surface area contributed by atoms with Gasteiger partial charge in [-0.1, -0.05) is 37.1 Å². The van der Waals surface area contributed by atoms with Gasteiger partial charge < -0.3 is 21.1 Å². The molecule has 39 heavy (non-hydrogen) atoms. The number of amides is 2. The molecule has 0 bridgehead atoms. The number of rotatable bonds is 8. The molecule has 0 radical (unpaired) electrons. The van der Waals surface area contributed by atoms with Crippen molar-refractivity contribution in [1.82, 2.24) is 20.5 Å². The van der Waals surface area contributed by atoms with Crippen molar-refractivity contribution in [2.75, 3.05) is 5.32 Å². The molecule has 0 aliphatic heterocycles. The van der Waals surface area contributed by atoms with Crippen molar-refractivity contribution in [1.29, 1.82) is 0 Å². The van der Waals surface area contributed by atoms with Crippen LogP contribution in [-0.2, 0) is 0 Å². The Hall–Kier alpha value is -4.92. The number of nitrogens with two attached hydrogens (primary N) is 1. The van der Waals surface area contributed by atoms with E-state index in [-0.39, 0.29) is 23.6 Å². The summed E-state index contributed by atoms with van der Waals surface area (Å²) in [6.07, 6.45) is 8.99. The minimum absolute atomic E-state index is 0.198. The summed E-state index contributed by atoms with van der Waals surface area (Å²) in [4.78, 5) is 29.8. The lowest BCUT2D eigenvalue weighted by Gasteiger charge is -2.11. The molecule has 0 unspecified atom stereocenters. The fourth-order valence-electron chi connectivity index (χ4n) is 4.59. The summed E-state index contributed by atoms with van der Waals surface area (Å²) in [6.45, 7) is 1.94. The Bertz CT molecular complexity index is 1530. The van der Waals surface area contributed by atoms with Crippen LogP contribution >= 0.6 is 0 Å². The molecule has 5 N–H and O–H groups in total. The van der Waals surface area contributed by atoms with Crippen LogP contribution in [0.4, 0.5) is 5.69 Å². The van der Waals surface area contributed by atoms with E-state index in [9.17, 15) is 9.59 Å². The predicted octanol–water partition coefficient (Wildman–Crippen LogP) is 5.17. The monoisotopic (exact) mass is 522 g/mol. The Morgan fingerprint density at radius 3 is 2.56 bits per heavy atom. The van der Waals surface area contributed by atoms with Crippen molar-refractivity contribution in [3.05, 3.63) is 102 Å². The van der Waals surface area contributed by atoms with Gasteiger partial charge in [0.1, 0.15) is 17.2 Å². The fraction of sp³-hybridized carbons (Fsp3) is 0.200. The Kier molecular flexibility index (Phi) is 7.68. The lowest BCUT2D eigenvalue weighted by molar-refractivity contribution is 0.0932. The predicted molar refractivity (Wildman–Crippen MR) is 151 cm³/mol. The molecule has 2 heterocycles. The number of nitrogens with one attached hydrogen (secondary N) is 3. The Labute approximate surface area is 226 Å². The summed E-state index contributed by atoms with van der Waals surface area (Å²) in [5.74, 6) is 0.590. The third kappa shape index (κ3) is 6.15. The van der Waals surface area contributed by atoms with E-state index in [0.29, 0.717) is 28.3 Å². The second-order valence-electron chi connectivity index (χ2n) is 9.49. The van der Waals surface area contributed by atoms with Crippen LogP contribution in [0.1, 0.15) is 59.1 Å². The normalized spacial score (nSPS) is 14.4.